The minimum Gasteiger partial charge on any atom is -0.349 e. The summed E-state index contributed by atoms with van der Waals surface area (Å²) in [6.45, 7) is 9.44. The Bertz CT molecular complexity index is 137. The highest BCUT2D eigenvalue weighted by Gasteiger charge is 2.28. The number of likely N-dealkylation sites (tertiary alicyclic amines) is 1. The van der Waals surface area contributed by atoms with Crippen molar-refractivity contribution in [1.29, 1.82) is 0 Å². The number of quaternary nitrogens is 2. The van der Waals surface area contributed by atoms with Gasteiger partial charge in [0, 0.05) is 0 Å². The van der Waals surface area contributed by atoms with Crippen LogP contribution in [0.4, 0.5) is 0 Å². The normalized spacial score (nSPS) is 32.0. The Morgan fingerprint density at radius 3 is 2.58 bits per heavy atom. The molecular weight excluding hydrogens is 148 g/mol. The number of hydrogen-bond acceptors (Lipinski definition) is 0. The molecule has 4 N–H and O–H groups in total. The van der Waals surface area contributed by atoms with E-state index in [1.165, 1.54) is 32.4 Å². The van der Waals surface area contributed by atoms with Gasteiger partial charge in [0.2, 0.25) is 0 Å². The Morgan fingerprint density at radius 2 is 2.08 bits per heavy atom. The highest BCUT2D eigenvalue weighted by Crippen LogP contribution is 2.02. The second kappa shape index (κ2) is 3.75. The molecule has 0 aromatic heterocycles. The first-order valence-corrected chi connectivity index (χ1v) is 5.19. The first-order valence-electron chi connectivity index (χ1n) is 5.19. The maximum absolute atomic E-state index is 4.18. The molecule has 1 saturated heterocycles. The molecule has 0 amide bonds. The number of hydrogen-bond donors (Lipinski definition) is 2. The van der Waals surface area contributed by atoms with Crippen LogP contribution in [0.2, 0.25) is 0 Å². The second-order valence-corrected chi connectivity index (χ2v) is 5.15. The summed E-state index contributed by atoms with van der Waals surface area (Å²) in [6, 6.07) is 0.861. The summed E-state index contributed by atoms with van der Waals surface area (Å²) in [5, 5.41) is 0. The average molecular weight is 172 g/mol. The van der Waals surface area contributed by atoms with E-state index >= 15 is 0 Å². The molecule has 2 atom stereocenters. The van der Waals surface area contributed by atoms with E-state index in [1.54, 1.807) is 4.90 Å². The van der Waals surface area contributed by atoms with Gasteiger partial charge in [0.25, 0.3) is 0 Å². The van der Waals surface area contributed by atoms with Crippen molar-refractivity contribution in [3.05, 3.63) is 0 Å². The first-order chi connectivity index (χ1) is 5.49. The molecule has 0 bridgehead atoms. The molecule has 12 heavy (non-hydrogen) atoms. The summed E-state index contributed by atoms with van der Waals surface area (Å²) in [4.78, 5) is 1.77. The predicted octanol–water partition coefficient (Wildman–Crippen LogP) is -0.536. The predicted molar refractivity (Wildman–Crippen MR) is 51.0 cm³/mol. The van der Waals surface area contributed by atoms with E-state index in [1.807, 2.05) is 0 Å². The van der Waals surface area contributed by atoms with Gasteiger partial charge >= 0.3 is 0 Å². The van der Waals surface area contributed by atoms with Gasteiger partial charge in [-0.3, -0.25) is 0 Å². The zero-order valence-corrected chi connectivity index (χ0v) is 8.82. The van der Waals surface area contributed by atoms with Gasteiger partial charge in [-0.2, -0.15) is 0 Å². The van der Waals surface area contributed by atoms with Crippen LogP contribution < -0.4 is 10.6 Å². The van der Waals surface area contributed by atoms with Crippen LogP contribution in [-0.4, -0.2) is 24.7 Å². The molecule has 2 nitrogen and oxygen atoms in total. The summed E-state index contributed by atoms with van der Waals surface area (Å²) in [5.74, 6) is 0. The van der Waals surface area contributed by atoms with Crippen LogP contribution in [0.15, 0.2) is 0 Å². The maximum Gasteiger partial charge on any atom is 0.138 e. The van der Waals surface area contributed by atoms with Crippen molar-refractivity contribution in [3.8, 4) is 0 Å². The molecule has 0 radical (unpaired) electrons. The molecular formula is C10H24N2+2. The van der Waals surface area contributed by atoms with Crippen molar-refractivity contribution in [2.24, 2.45) is 0 Å². The summed E-state index contributed by atoms with van der Waals surface area (Å²) in [5.41, 5.74) is 4.43. The fourth-order valence-corrected chi connectivity index (χ4v) is 2.13. The molecule has 0 aromatic rings. The first kappa shape index (κ1) is 10.0. The van der Waals surface area contributed by atoms with E-state index in [4.69, 9.17) is 0 Å². The van der Waals surface area contributed by atoms with Gasteiger partial charge in [0.05, 0.1) is 12.6 Å². The standard InChI is InChI=1S/C10H22N2/c1-9-6-4-5-7-12(9)8-10(2,3)11/h9H,4-8,11H2,1-3H3/p+2/t9-/m0/s1. The number of piperidine rings is 1. The topological polar surface area (TPSA) is 32.1 Å². The van der Waals surface area contributed by atoms with Crippen LogP contribution in [-0.2, 0) is 0 Å². The SMILES string of the molecule is C[C@H]1CCCC[NH+]1CC(C)(C)[NH3+]. The van der Waals surface area contributed by atoms with Gasteiger partial charge in [0.15, 0.2) is 0 Å². The molecule has 0 saturated carbocycles. The lowest BCUT2D eigenvalue weighted by atomic mass is 9.99. The lowest BCUT2D eigenvalue weighted by Crippen LogP contribution is -3.19. The molecule has 1 fully saturated rings. The molecule has 1 unspecified atom stereocenters. The molecule has 0 spiro atoms. The number of rotatable bonds is 2. The van der Waals surface area contributed by atoms with Gasteiger partial charge in [-0.15, -0.1) is 0 Å². The molecule has 0 aromatic carbocycles. The third kappa shape index (κ3) is 3.11. The molecule has 0 aliphatic carbocycles. The van der Waals surface area contributed by atoms with Crippen molar-refractivity contribution in [1.82, 2.24) is 0 Å². The highest BCUT2D eigenvalue weighted by molar-refractivity contribution is 4.63. The van der Waals surface area contributed by atoms with E-state index in [0.717, 1.165) is 6.04 Å². The van der Waals surface area contributed by atoms with Gasteiger partial charge in [-0.05, 0) is 40.0 Å². The Labute approximate surface area is 76.1 Å². The maximum atomic E-state index is 4.18. The van der Waals surface area contributed by atoms with E-state index in [2.05, 4.69) is 26.5 Å². The van der Waals surface area contributed by atoms with Crippen LogP contribution in [0.5, 0.6) is 0 Å². The van der Waals surface area contributed by atoms with Crippen LogP contribution in [0, 0.1) is 0 Å². The van der Waals surface area contributed by atoms with Gasteiger partial charge < -0.3 is 10.6 Å². The fraction of sp³-hybridized carbons (Fsp3) is 1.00. The van der Waals surface area contributed by atoms with Crippen LogP contribution in [0.1, 0.15) is 40.0 Å². The second-order valence-electron chi connectivity index (χ2n) is 5.15. The van der Waals surface area contributed by atoms with Crippen molar-refractivity contribution < 1.29 is 10.6 Å². The van der Waals surface area contributed by atoms with Crippen molar-refractivity contribution in [3.63, 3.8) is 0 Å². The van der Waals surface area contributed by atoms with Gasteiger partial charge in [-0.25, -0.2) is 0 Å². The Morgan fingerprint density at radius 1 is 1.42 bits per heavy atom. The van der Waals surface area contributed by atoms with Crippen molar-refractivity contribution >= 4 is 0 Å². The molecule has 1 aliphatic rings. The summed E-state index contributed by atoms with van der Waals surface area (Å²) in [7, 11) is 0. The third-order valence-electron chi connectivity index (χ3n) is 2.79. The van der Waals surface area contributed by atoms with Crippen molar-refractivity contribution in [2.45, 2.75) is 51.6 Å². The summed E-state index contributed by atoms with van der Waals surface area (Å²) < 4.78 is 0. The quantitative estimate of drug-likeness (QED) is 0.561. The lowest BCUT2D eigenvalue weighted by Gasteiger charge is -2.33. The summed E-state index contributed by atoms with van der Waals surface area (Å²) in [6.07, 6.45) is 4.25. The van der Waals surface area contributed by atoms with Crippen LogP contribution in [0.3, 0.4) is 0 Å². The molecule has 2 heteroatoms. The zero-order chi connectivity index (χ0) is 9.19. The van der Waals surface area contributed by atoms with Crippen LogP contribution >= 0.6 is 0 Å². The number of nitrogens with one attached hydrogen (secondary N) is 1. The molecule has 1 heterocycles. The van der Waals surface area contributed by atoms with Gasteiger partial charge in [0.1, 0.15) is 12.1 Å². The highest BCUT2D eigenvalue weighted by atomic mass is 15.2. The minimum absolute atomic E-state index is 0.251. The lowest BCUT2D eigenvalue weighted by molar-refractivity contribution is -0.940. The minimum atomic E-state index is 0.251. The fourth-order valence-electron chi connectivity index (χ4n) is 2.13. The van der Waals surface area contributed by atoms with E-state index in [9.17, 15) is 0 Å². The Balaban J connectivity index is 2.39. The summed E-state index contributed by atoms with van der Waals surface area (Å²) >= 11 is 0. The largest absolute Gasteiger partial charge is 0.349 e. The van der Waals surface area contributed by atoms with E-state index in [-0.39, 0.29) is 5.54 Å². The van der Waals surface area contributed by atoms with Crippen LogP contribution in [0.25, 0.3) is 0 Å². The monoisotopic (exact) mass is 172 g/mol. The van der Waals surface area contributed by atoms with Crippen molar-refractivity contribution in [2.75, 3.05) is 13.1 Å². The zero-order valence-electron chi connectivity index (χ0n) is 8.82. The van der Waals surface area contributed by atoms with E-state index in [0.29, 0.717) is 0 Å². The smallest absolute Gasteiger partial charge is 0.138 e. The average Bonchev–Trinajstić information content (AvgIpc) is 1.91. The molecule has 1 rings (SSSR count). The Kier molecular flexibility index (Phi) is 3.13. The molecule has 72 valence electrons. The Hall–Kier alpha value is -0.0800. The third-order valence-corrected chi connectivity index (χ3v) is 2.79. The molecule has 1 aliphatic heterocycles. The van der Waals surface area contributed by atoms with Gasteiger partial charge in [-0.1, -0.05) is 0 Å². The van der Waals surface area contributed by atoms with E-state index < -0.39 is 0 Å².